The van der Waals surface area contributed by atoms with Crippen LogP contribution in [0.2, 0.25) is 0 Å². The van der Waals surface area contributed by atoms with Crippen LogP contribution in [0, 0.1) is 0 Å². The van der Waals surface area contributed by atoms with Gasteiger partial charge in [-0.25, -0.2) is 4.79 Å². The third-order valence-electron chi connectivity index (χ3n) is 1.76. The molecule has 0 radical (unpaired) electrons. The normalized spacial score (nSPS) is 13.2. The molecule has 0 spiro atoms. The molecule has 1 heterocycles. The van der Waals surface area contributed by atoms with Crippen molar-refractivity contribution in [3.8, 4) is 0 Å². The second kappa shape index (κ2) is 3.14. The number of fused-ring (bicyclic) bond motifs is 1. The number of carbonyl (C=O) groups is 1. The SMILES string of the molecule is O=C(O)c1ccc2c(c1)SNC=C2. The summed E-state index contributed by atoms with van der Waals surface area (Å²) in [5, 5.41) is 8.74. The van der Waals surface area contributed by atoms with Crippen molar-refractivity contribution in [2.45, 2.75) is 4.90 Å². The first-order chi connectivity index (χ1) is 6.27. The van der Waals surface area contributed by atoms with Gasteiger partial charge >= 0.3 is 5.97 Å². The molecule has 1 aliphatic heterocycles. The smallest absolute Gasteiger partial charge is 0.335 e. The number of benzene rings is 1. The van der Waals surface area contributed by atoms with Crippen LogP contribution in [0.4, 0.5) is 0 Å². The summed E-state index contributed by atoms with van der Waals surface area (Å²) in [6.07, 6.45) is 3.74. The van der Waals surface area contributed by atoms with Crippen LogP contribution in [0.25, 0.3) is 6.08 Å². The van der Waals surface area contributed by atoms with Crippen molar-refractivity contribution >= 4 is 24.0 Å². The fourth-order valence-corrected chi connectivity index (χ4v) is 1.82. The molecular formula is C9H7NO2S. The van der Waals surface area contributed by atoms with Crippen LogP contribution in [0.3, 0.4) is 0 Å². The lowest BCUT2D eigenvalue weighted by Gasteiger charge is -2.10. The van der Waals surface area contributed by atoms with Crippen molar-refractivity contribution in [1.82, 2.24) is 4.72 Å². The molecule has 0 amide bonds. The van der Waals surface area contributed by atoms with Crippen LogP contribution in [0.15, 0.2) is 29.3 Å². The molecule has 3 nitrogen and oxygen atoms in total. The largest absolute Gasteiger partial charge is 0.478 e. The summed E-state index contributed by atoms with van der Waals surface area (Å²) in [5.74, 6) is -0.891. The lowest BCUT2D eigenvalue weighted by Crippen LogP contribution is -2.01. The third-order valence-corrected chi connectivity index (χ3v) is 2.59. The van der Waals surface area contributed by atoms with Gasteiger partial charge < -0.3 is 9.83 Å². The Hall–Kier alpha value is -1.42. The van der Waals surface area contributed by atoms with Gasteiger partial charge in [0.15, 0.2) is 0 Å². The quantitative estimate of drug-likeness (QED) is 0.669. The average Bonchev–Trinajstić information content (AvgIpc) is 2.17. The van der Waals surface area contributed by atoms with Crippen LogP contribution in [0.1, 0.15) is 15.9 Å². The highest BCUT2D eigenvalue weighted by Crippen LogP contribution is 2.26. The lowest BCUT2D eigenvalue weighted by atomic mass is 10.1. The summed E-state index contributed by atoms with van der Waals surface area (Å²) in [4.78, 5) is 11.6. The number of rotatable bonds is 1. The summed E-state index contributed by atoms with van der Waals surface area (Å²) in [5.41, 5.74) is 1.37. The van der Waals surface area contributed by atoms with Gasteiger partial charge in [0.2, 0.25) is 0 Å². The maximum absolute atomic E-state index is 10.6. The van der Waals surface area contributed by atoms with E-state index in [-0.39, 0.29) is 0 Å². The number of carboxylic acid groups (broad SMARTS) is 1. The number of carboxylic acids is 1. The monoisotopic (exact) mass is 193 g/mol. The minimum absolute atomic E-state index is 0.323. The van der Waals surface area contributed by atoms with E-state index in [2.05, 4.69) is 4.72 Å². The van der Waals surface area contributed by atoms with Gasteiger partial charge in [0.25, 0.3) is 0 Å². The predicted molar refractivity (Wildman–Crippen MR) is 51.4 cm³/mol. The molecule has 0 bridgehead atoms. The summed E-state index contributed by atoms with van der Waals surface area (Å²) in [6, 6.07) is 5.08. The van der Waals surface area contributed by atoms with E-state index in [1.165, 1.54) is 11.9 Å². The second-order valence-corrected chi connectivity index (χ2v) is 3.49. The molecule has 0 saturated carbocycles. The Labute approximate surface area is 79.6 Å². The van der Waals surface area contributed by atoms with Crippen molar-refractivity contribution < 1.29 is 9.90 Å². The predicted octanol–water partition coefficient (Wildman–Crippen LogP) is 1.97. The van der Waals surface area contributed by atoms with Crippen LogP contribution in [-0.2, 0) is 0 Å². The van der Waals surface area contributed by atoms with Gasteiger partial charge in [-0.1, -0.05) is 6.07 Å². The van der Waals surface area contributed by atoms with E-state index in [4.69, 9.17) is 5.11 Å². The van der Waals surface area contributed by atoms with Crippen molar-refractivity contribution in [2.75, 3.05) is 0 Å². The van der Waals surface area contributed by atoms with Crippen molar-refractivity contribution in [3.63, 3.8) is 0 Å². The topological polar surface area (TPSA) is 49.3 Å². The summed E-state index contributed by atoms with van der Waals surface area (Å²) >= 11 is 1.42. The van der Waals surface area contributed by atoms with E-state index in [9.17, 15) is 4.79 Å². The Morgan fingerprint density at radius 3 is 3.08 bits per heavy atom. The summed E-state index contributed by atoms with van der Waals surface area (Å²) in [7, 11) is 0. The molecule has 0 aromatic heterocycles. The summed E-state index contributed by atoms with van der Waals surface area (Å²) in [6.45, 7) is 0. The van der Waals surface area contributed by atoms with E-state index < -0.39 is 5.97 Å². The zero-order valence-electron chi connectivity index (χ0n) is 6.65. The molecule has 66 valence electrons. The zero-order chi connectivity index (χ0) is 9.26. The maximum Gasteiger partial charge on any atom is 0.335 e. The number of aromatic carboxylic acids is 1. The van der Waals surface area contributed by atoms with Gasteiger partial charge in [-0.2, -0.15) is 0 Å². The fraction of sp³-hybridized carbons (Fsp3) is 0. The Balaban J connectivity index is 2.48. The fourth-order valence-electron chi connectivity index (χ4n) is 1.11. The molecule has 1 aromatic carbocycles. The summed E-state index contributed by atoms with van der Waals surface area (Å²) < 4.78 is 2.95. The minimum atomic E-state index is -0.891. The van der Waals surface area contributed by atoms with Gasteiger partial charge in [0.05, 0.1) is 5.56 Å². The van der Waals surface area contributed by atoms with Gasteiger partial charge in [-0.15, -0.1) is 0 Å². The van der Waals surface area contributed by atoms with Gasteiger partial charge in [0.1, 0.15) is 0 Å². The molecule has 2 rings (SSSR count). The van der Waals surface area contributed by atoms with Gasteiger partial charge in [0, 0.05) is 11.1 Å². The minimum Gasteiger partial charge on any atom is -0.478 e. The Morgan fingerprint density at radius 2 is 2.31 bits per heavy atom. The Bertz CT molecular complexity index is 387. The van der Waals surface area contributed by atoms with E-state index in [1.807, 2.05) is 18.3 Å². The molecule has 0 unspecified atom stereocenters. The molecule has 1 aromatic rings. The van der Waals surface area contributed by atoms with Crippen LogP contribution >= 0.6 is 11.9 Å². The molecule has 2 N–H and O–H groups in total. The zero-order valence-corrected chi connectivity index (χ0v) is 7.47. The van der Waals surface area contributed by atoms with Crippen LogP contribution in [-0.4, -0.2) is 11.1 Å². The highest BCUT2D eigenvalue weighted by molar-refractivity contribution is 7.97. The van der Waals surface area contributed by atoms with Crippen molar-refractivity contribution in [1.29, 1.82) is 0 Å². The molecule has 0 saturated heterocycles. The van der Waals surface area contributed by atoms with Gasteiger partial charge in [-0.3, -0.25) is 0 Å². The van der Waals surface area contributed by atoms with Crippen molar-refractivity contribution in [3.05, 3.63) is 35.5 Å². The molecule has 0 aliphatic carbocycles. The van der Waals surface area contributed by atoms with E-state index >= 15 is 0 Å². The molecule has 0 fully saturated rings. The molecule has 0 atom stereocenters. The van der Waals surface area contributed by atoms with E-state index in [0.29, 0.717) is 5.56 Å². The van der Waals surface area contributed by atoms with E-state index in [1.54, 1.807) is 12.1 Å². The van der Waals surface area contributed by atoms with Gasteiger partial charge in [-0.05, 0) is 35.7 Å². The van der Waals surface area contributed by atoms with Crippen molar-refractivity contribution in [2.24, 2.45) is 0 Å². The standard InChI is InChI=1S/C9H7NO2S/c11-9(12)7-2-1-6-3-4-10-13-8(6)5-7/h1-5,10H,(H,11,12). The number of nitrogens with one attached hydrogen (secondary N) is 1. The number of hydrogen-bond acceptors (Lipinski definition) is 3. The molecule has 13 heavy (non-hydrogen) atoms. The second-order valence-electron chi connectivity index (χ2n) is 2.61. The first-order valence-electron chi connectivity index (χ1n) is 3.73. The maximum atomic E-state index is 10.6. The molecule has 1 aliphatic rings. The molecular weight excluding hydrogens is 186 g/mol. The molecule has 4 heteroatoms. The van der Waals surface area contributed by atoms with Crippen LogP contribution in [0.5, 0.6) is 0 Å². The highest BCUT2D eigenvalue weighted by Gasteiger charge is 2.08. The lowest BCUT2D eigenvalue weighted by molar-refractivity contribution is 0.0696. The highest BCUT2D eigenvalue weighted by atomic mass is 32.2. The van der Waals surface area contributed by atoms with E-state index in [0.717, 1.165) is 10.5 Å². The van der Waals surface area contributed by atoms with Crippen LogP contribution < -0.4 is 4.72 Å². The third kappa shape index (κ3) is 1.53. The first-order valence-corrected chi connectivity index (χ1v) is 4.55. The average molecular weight is 193 g/mol. The first kappa shape index (κ1) is 8.19. The Kier molecular flexibility index (Phi) is 1.98. The Morgan fingerprint density at radius 1 is 1.46 bits per heavy atom. The number of hydrogen-bond donors (Lipinski definition) is 2.